The summed E-state index contributed by atoms with van der Waals surface area (Å²) in [6.45, 7) is 3.09. The fourth-order valence-electron chi connectivity index (χ4n) is 3.04. The van der Waals surface area contributed by atoms with Gasteiger partial charge in [-0.2, -0.15) is 0 Å². The van der Waals surface area contributed by atoms with Crippen LogP contribution < -0.4 is 5.32 Å². The normalized spacial score (nSPS) is 24.4. The van der Waals surface area contributed by atoms with Crippen molar-refractivity contribution in [3.05, 3.63) is 0 Å². The van der Waals surface area contributed by atoms with Crippen molar-refractivity contribution in [3.8, 4) is 0 Å². The van der Waals surface area contributed by atoms with E-state index >= 15 is 0 Å². The van der Waals surface area contributed by atoms with Gasteiger partial charge in [0.25, 0.3) is 0 Å². The number of rotatable bonds is 3. The van der Waals surface area contributed by atoms with Crippen LogP contribution in [0, 0.1) is 5.92 Å². The van der Waals surface area contributed by atoms with E-state index in [1.807, 2.05) is 0 Å². The van der Waals surface area contributed by atoms with Crippen LogP contribution in [0.4, 0.5) is 4.79 Å². The number of imide groups is 1. The summed E-state index contributed by atoms with van der Waals surface area (Å²) in [4.78, 5) is 38.2. The predicted molar refractivity (Wildman–Crippen MR) is 73.4 cm³/mol. The molecule has 0 unspecified atom stereocenters. The molecule has 0 aromatic carbocycles. The Labute approximate surface area is 123 Å². The number of likely N-dealkylation sites (tertiary alicyclic amines) is 2. The summed E-state index contributed by atoms with van der Waals surface area (Å²) in [5.74, 6) is 0.0617. The number of ether oxygens (including phenoxy) is 1. The van der Waals surface area contributed by atoms with Crippen LogP contribution in [0.15, 0.2) is 0 Å². The van der Waals surface area contributed by atoms with Gasteiger partial charge in [-0.3, -0.25) is 14.5 Å². The summed E-state index contributed by atoms with van der Waals surface area (Å²) in [5.41, 5.74) is 0. The fraction of sp³-hybridized carbons (Fsp3) is 0.786. The van der Waals surface area contributed by atoms with Gasteiger partial charge >= 0.3 is 6.03 Å². The molecule has 116 valence electrons. The molecule has 3 aliphatic heterocycles. The van der Waals surface area contributed by atoms with E-state index in [-0.39, 0.29) is 29.8 Å². The van der Waals surface area contributed by atoms with E-state index in [0.717, 1.165) is 12.8 Å². The molecule has 7 nitrogen and oxygen atoms in total. The monoisotopic (exact) mass is 295 g/mol. The van der Waals surface area contributed by atoms with Gasteiger partial charge in [0, 0.05) is 57.6 Å². The molecule has 0 atom stereocenters. The van der Waals surface area contributed by atoms with Gasteiger partial charge in [0.15, 0.2) is 0 Å². The van der Waals surface area contributed by atoms with Gasteiger partial charge in [0.05, 0.1) is 0 Å². The van der Waals surface area contributed by atoms with Crippen LogP contribution in [-0.2, 0) is 14.3 Å². The van der Waals surface area contributed by atoms with Crippen molar-refractivity contribution in [2.24, 2.45) is 5.92 Å². The van der Waals surface area contributed by atoms with E-state index in [1.54, 1.807) is 4.90 Å². The van der Waals surface area contributed by atoms with Crippen molar-refractivity contribution in [1.29, 1.82) is 0 Å². The Balaban J connectivity index is 1.39. The number of nitrogens with one attached hydrogen (secondary N) is 1. The average molecular weight is 295 g/mol. The summed E-state index contributed by atoms with van der Waals surface area (Å²) in [7, 11) is 0. The summed E-state index contributed by atoms with van der Waals surface area (Å²) in [6, 6.07) is 0.157. The van der Waals surface area contributed by atoms with Crippen LogP contribution in [0.2, 0.25) is 0 Å². The zero-order valence-corrected chi connectivity index (χ0v) is 12.0. The smallest absolute Gasteiger partial charge is 0.317 e. The Morgan fingerprint density at radius 3 is 2.38 bits per heavy atom. The summed E-state index contributed by atoms with van der Waals surface area (Å²) in [5, 5.41) is 3.01. The minimum Gasteiger partial charge on any atom is -0.381 e. The van der Waals surface area contributed by atoms with Crippen LogP contribution >= 0.6 is 0 Å². The lowest BCUT2D eigenvalue weighted by molar-refractivity contribution is -0.139. The standard InChI is InChI=1S/C14H21N3O4/c18-12-1-2-13(19)17(12)9-10-7-16(8-10)14(20)15-11-3-5-21-6-4-11/h10-11H,1-9H2,(H,15,20). The first kappa shape index (κ1) is 14.3. The minimum atomic E-state index is -0.0786. The molecule has 0 saturated carbocycles. The number of urea groups is 1. The molecule has 3 fully saturated rings. The van der Waals surface area contributed by atoms with Crippen molar-refractivity contribution in [2.75, 3.05) is 32.8 Å². The zero-order valence-electron chi connectivity index (χ0n) is 12.0. The first-order chi connectivity index (χ1) is 10.1. The molecule has 3 rings (SSSR count). The highest BCUT2D eigenvalue weighted by molar-refractivity contribution is 6.01. The minimum absolute atomic E-state index is 0.0442. The maximum absolute atomic E-state index is 12.0. The number of amides is 4. The molecule has 4 amide bonds. The van der Waals surface area contributed by atoms with Crippen molar-refractivity contribution in [3.63, 3.8) is 0 Å². The second-order valence-electron chi connectivity index (χ2n) is 6.01. The second-order valence-corrected chi connectivity index (χ2v) is 6.01. The zero-order chi connectivity index (χ0) is 14.8. The third kappa shape index (κ3) is 3.18. The van der Waals surface area contributed by atoms with Crippen molar-refractivity contribution in [2.45, 2.75) is 31.7 Å². The first-order valence-corrected chi connectivity index (χ1v) is 7.60. The van der Waals surface area contributed by atoms with Gasteiger partial charge in [-0.25, -0.2) is 4.79 Å². The van der Waals surface area contributed by atoms with E-state index < -0.39 is 0 Å². The van der Waals surface area contributed by atoms with Gasteiger partial charge in [-0.15, -0.1) is 0 Å². The van der Waals surface area contributed by atoms with E-state index in [1.165, 1.54) is 4.90 Å². The third-order valence-corrected chi connectivity index (χ3v) is 4.39. The molecule has 0 bridgehead atoms. The molecule has 3 aliphatic rings. The largest absolute Gasteiger partial charge is 0.381 e. The Morgan fingerprint density at radius 2 is 1.76 bits per heavy atom. The molecule has 0 aromatic rings. The van der Waals surface area contributed by atoms with E-state index in [2.05, 4.69) is 5.32 Å². The van der Waals surface area contributed by atoms with Crippen LogP contribution in [0.5, 0.6) is 0 Å². The van der Waals surface area contributed by atoms with Gasteiger partial charge in [-0.1, -0.05) is 0 Å². The van der Waals surface area contributed by atoms with Crippen LogP contribution in [0.1, 0.15) is 25.7 Å². The lowest BCUT2D eigenvalue weighted by Crippen LogP contribution is -2.58. The third-order valence-electron chi connectivity index (χ3n) is 4.39. The number of hydrogen-bond donors (Lipinski definition) is 1. The molecular weight excluding hydrogens is 274 g/mol. The SMILES string of the molecule is O=C(NC1CCOCC1)N1CC(CN2C(=O)CCC2=O)C1. The molecule has 3 heterocycles. The topological polar surface area (TPSA) is 79.0 Å². The van der Waals surface area contributed by atoms with Crippen molar-refractivity contribution in [1.82, 2.24) is 15.1 Å². The molecule has 0 aliphatic carbocycles. The number of hydrogen-bond acceptors (Lipinski definition) is 4. The Morgan fingerprint density at radius 1 is 1.14 bits per heavy atom. The Kier molecular flexibility index (Phi) is 4.10. The Hall–Kier alpha value is -1.63. The van der Waals surface area contributed by atoms with Gasteiger partial charge in [-0.05, 0) is 12.8 Å². The lowest BCUT2D eigenvalue weighted by Gasteiger charge is -2.41. The number of nitrogens with zero attached hydrogens (tertiary/aromatic N) is 2. The van der Waals surface area contributed by atoms with Gasteiger partial charge in [0.2, 0.25) is 11.8 Å². The molecule has 21 heavy (non-hydrogen) atoms. The number of carbonyl (C=O) groups is 3. The van der Waals surface area contributed by atoms with Crippen molar-refractivity contribution >= 4 is 17.8 Å². The Bertz CT molecular complexity index is 426. The summed E-state index contributed by atoms with van der Waals surface area (Å²) >= 11 is 0. The lowest BCUT2D eigenvalue weighted by atomic mass is 10.00. The quantitative estimate of drug-likeness (QED) is 0.741. The molecule has 7 heteroatoms. The summed E-state index contributed by atoms with van der Waals surface area (Å²) < 4.78 is 5.26. The fourth-order valence-corrected chi connectivity index (χ4v) is 3.04. The van der Waals surface area contributed by atoms with Gasteiger partial charge in [0.1, 0.15) is 0 Å². The maximum atomic E-state index is 12.0. The van der Waals surface area contributed by atoms with Crippen LogP contribution in [0.25, 0.3) is 0 Å². The molecule has 0 spiro atoms. The van der Waals surface area contributed by atoms with Crippen LogP contribution in [0.3, 0.4) is 0 Å². The average Bonchev–Trinajstić information content (AvgIpc) is 2.74. The van der Waals surface area contributed by atoms with Crippen LogP contribution in [-0.4, -0.2) is 66.5 Å². The first-order valence-electron chi connectivity index (χ1n) is 7.60. The van der Waals surface area contributed by atoms with E-state index in [0.29, 0.717) is 45.7 Å². The predicted octanol–water partition coefficient (Wildman–Crippen LogP) is -0.0442. The van der Waals surface area contributed by atoms with E-state index in [4.69, 9.17) is 4.74 Å². The van der Waals surface area contributed by atoms with Gasteiger partial charge < -0.3 is 15.0 Å². The molecule has 0 radical (unpaired) electrons. The number of carbonyl (C=O) groups excluding carboxylic acids is 3. The maximum Gasteiger partial charge on any atom is 0.317 e. The molecular formula is C14H21N3O4. The molecule has 1 N–H and O–H groups in total. The summed E-state index contributed by atoms with van der Waals surface area (Å²) in [6.07, 6.45) is 2.39. The second kappa shape index (κ2) is 6.01. The highest BCUT2D eigenvalue weighted by atomic mass is 16.5. The molecule has 3 saturated heterocycles. The highest BCUT2D eigenvalue weighted by Crippen LogP contribution is 2.21. The van der Waals surface area contributed by atoms with Crippen molar-refractivity contribution < 1.29 is 19.1 Å². The molecule has 0 aromatic heterocycles. The van der Waals surface area contributed by atoms with E-state index in [9.17, 15) is 14.4 Å². The highest BCUT2D eigenvalue weighted by Gasteiger charge is 2.37.